The standard InChI is InChI=1S/C16H23N5S/c1-2-15-18-19-16(22-15)10-20-8-7-12(9-20)21-11-17-13-5-3-4-6-14(13)21/h11-12H,2-10H2,1H3. The van der Waals surface area contributed by atoms with Crippen molar-refractivity contribution in [1.29, 1.82) is 0 Å². The number of hydrogen-bond acceptors (Lipinski definition) is 5. The average molecular weight is 317 g/mol. The van der Waals surface area contributed by atoms with Crippen LogP contribution < -0.4 is 0 Å². The molecule has 1 atom stereocenters. The predicted octanol–water partition coefficient (Wildman–Crippen LogP) is 2.62. The van der Waals surface area contributed by atoms with E-state index in [1.807, 2.05) is 0 Å². The van der Waals surface area contributed by atoms with Crippen LogP contribution in [0.4, 0.5) is 0 Å². The molecule has 1 fully saturated rings. The lowest BCUT2D eigenvalue weighted by molar-refractivity contribution is 0.313. The van der Waals surface area contributed by atoms with Crippen LogP contribution in [-0.4, -0.2) is 37.7 Å². The van der Waals surface area contributed by atoms with Crippen LogP contribution in [-0.2, 0) is 25.8 Å². The highest BCUT2D eigenvalue weighted by atomic mass is 32.1. The summed E-state index contributed by atoms with van der Waals surface area (Å²) in [6, 6.07) is 0.591. The van der Waals surface area contributed by atoms with E-state index in [9.17, 15) is 0 Å². The fraction of sp³-hybridized carbons (Fsp3) is 0.688. The Balaban J connectivity index is 1.43. The zero-order chi connectivity index (χ0) is 14.9. The first-order chi connectivity index (χ1) is 10.8. The minimum Gasteiger partial charge on any atom is -0.330 e. The van der Waals surface area contributed by atoms with Crippen molar-refractivity contribution in [2.24, 2.45) is 0 Å². The maximum absolute atomic E-state index is 4.65. The van der Waals surface area contributed by atoms with Crippen molar-refractivity contribution in [3.63, 3.8) is 0 Å². The SMILES string of the molecule is CCc1nnc(CN2CCC(n3cnc4c3CCCC4)C2)s1. The molecule has 2 aromatic rings. The third-order valence-electron chi connectivity index (χ3n) is 4.87. The van der Waals surface area contributed by atoms with Gasteiger partial charge in [-0.3, -0.25) is 4.90 Å². The topological polar surface area (TPSA) is 46.8 Å². The van der Waals surface area contributed by atoms with Gasteiger partial charge in [0.1, 0.15) is 10.0 Å². The fourth-order valence-corrected chi connectivity index (χ4v) is 4.50. The monoisotopic (exact) mass is 317 g/mol. The molecule has 0 spiro atoms. The zero-order valence-electron chi connectivity index (χ0n) is 13.2. The van der Waals surface area contributed by atoms with E-state index in [0.717, 1.165) is 36.1 Å². The Labute approximate surface area is 135 Å². The number of nitrogens with zero attached hydrogens (tertiary/aromatic N) is 5. The van der Waals surface area contributed by atoms with Crippen LogP contribution in [0, 0.1) is 0 Å². The van der Waals surface area contributed by atoms with Crippen molar-refractivity contribution >= 4 is 11.3 Å². The molecule has 1 saturated heterocycles. The van der Waals surface area contributed by atoms with E-state index >= 15 is 0 Å². The number of rotatable bonds is 4. The van der Waals surface area contributed by atoms with Gasteiger partial charge in [-0.25, -0.2) is 4.98 Å². The Morgan fingerprint density at radius 2 is 2.09 bits per heavy atom. The molecule has 2 aliphatic rings. The van der Waals surface area contributed by atoms with Gasteiger partial charge >= 0.3 is 0 Å². The Morgan fingerprint density at radius 1 is 1.23 bits per heavy atom. The lowest BCUT2D eigenvalue weighted by atomic mass is 10.0. The van der Waals surface area contributed by atoms with Crippen molar-refractivity contribution < 1.29 is 0 Å². The van der Waals surface area contributed by atoms with Crippen LogP contribution in [0.15, 0.2) is 6.33 Å². The maximum Gasteiger partial charge on any atom is 0.131 e. The largest absolute Gasteiger partial charge is 0.330 e. The highest BCUT2D eigenvalue weighted by molar-refractivity contribution is 7.11. The van der Waals surface area contributed by atoms with Crippen LogP contribution >= 0.6 is 11.3 Å². The van der Waals surface area contributed by atoms with Crippen LogP contribution in [0.25, 0.3) is 0 Å². The lowest BCUT2D eigenvalue weighted by Crippen LogP contribution is -2.22. The predicted molar refractivity (Wildman–Crippen MR) is 87.1 cm³/mol. The highest BCUT2D eigenvalue weighted by Crippen LogP contribution is 2.29. The van der Waals surface area contributed by atoms with Gasteiger partial charge in [0.15, 0.2) is 0 Å². The van der Waals surface area contributed by atoms with Crippen molar-refractivity contribution in [3.8, 4) is 0 Å². The number of fused-ring (bicyclic) bond motifs is 1. The average Bonchev–Trinajstić information content (AvgIpc) is 3.26. The number of aryl methyl sites for hydroxylation is 2. The molecule has 1 aliphatic carbocycles. The summed E-state index contributed by atoms with van der Waals surface area (Å²) in [7, 11) is 0. The molecule has 0 aromatic carbocycles. The normalized spacial score (nSPS) is 22.1. The first kappa shape index (κ1) is 14.3. The first-order valence-corrected chi connectivity index (χ1v) is 9.23. The first-order valence-electron chi connectivity index (χ1n) is 8.41. The number of aromatic nitrogens is 4. The summed E-state index contributed by atoms with van der Waals surface area (Å²) >= 11 is 1.76. The molecule has 1 aliphatic heterocycles. The second-order valence-corrected chi connectivity index (χ2v) is 7.52. The molecular formula is C16H23N5S. The van der Waals surface area contributed by atoms with Gasteiger partial charge in [-0.1, -0.05) is 6.92 Å². The molecule has 0 N–H and O–H groups in total. The van der Waals surface area contributed by atoms with Crippen LogP contribution in [0.1, 0.15) is 53.6 Å². The Hall–Kier alpha value is -1.27. The minimum absolute atomic E-state index is 0.591. The van der Waals surface area contributed by atoms with E-state index in [1.54, 1.807) is 11.3 Å². The van der Waals surface area contributed by atoms with E-state index in [0.29, 0.717) is 6.04 Å². The van der Waals surface area contributed by atoms with Crippen molar-refractivity contribution in [1.82, 2.24) is 24.6 Å². The van der Waals surface area contributed by atoms with Gasteiger partial charge in [0.2, 0.25) is 0 Å². The van der Waals surface area contributed by atoms with Gasteiger partial charge in [-0.05, 0) is 38.5 Å². The molecule has 2 aromatic heterocycles. The molecule has 4 rings (SSSR count). The lowest BCUT2D eigenvalue weighted by Gasteiger charge is -2.19. The fourth-order valence-electron chi connectivity index (χ4n) is 3.68. The quantitative estimate of drug-likeness (QED) is 0.870. The third-order valence-corrected chi connectivity index (χ3v) is 5.92. The zero-order valence-corrected chi connectivity index (χ0v) is 14.0. The van der Waals surface area contributed by atoms with E-state index < -0.39 is 0 Å². The summed E-state index contributed by atoms with van der Waals surface area (Å²) in [6.45, 7) is 5.35. The van der Waals surface area contributed by atoms with Gasteiger partial charge in [0, 0.05) is 24.8 Å². The van der Waals surface area contributed by atoms with Gasteiger partial charge < -0.3 is 4.57 Å². The van der Waals surface area contributed by atoms with Crippen LogP contribution in [0.5, 0.6) is 0 Å². The van der Waals surface area contributed by atoms with Crippen LogP contribution in [0.2, 0.25) is 0 Å². The maximum atomic E-state index is 4.65. The van der Waals surface area contributed by atoms with E-state index in [1.165, 1.54) is 43.5 Å². The second kappa shape index (κ2) is 6.08. The smallest absolute Gasteiger partial charge is 0.131 e. The summed E-state index contributed by atoms with van der Waals surface area (Å²) in [5.41, 5.74) is 2.85. The second-order valence-electron chi connectivity index (χ2n) is 6.37. The molecule has 0 bridgehead atoms. The summed E-state index contributed by atoms with van der Waals surface area (Å²) in [5, 5.41) is 10.9. The van der Waals surface area contributed by atoms with E-state index in [4.69, 9.17) is 0 Å². The number of imidazole rings is 1. The molecule has 3 heterocycles. The van der Waals surface area contributed by atoms with Gasteiger partial charge in [0.05, 0.1) is 18.6 Å². The molecule has 22 heavy (non-hydrogen) atoms. The number of likely N-dealkylation sites (tertiary alicyclic amines) is 1. The minimum atomic E-state index is 0.591. The van der Waals surface area contributed by atoms with Gasteiger partial charge in [-0.2, -0.15) is 0 Å². The molecule has 0 amide bonds. The molecule has 5 nitrogen and oxygen atoms in total. The summed E-state index contributed by atoms with van der Waals surface area (Å²) in [4.78, 5) is 7.16. The van der Waals surface area contributed by atoms with Crippen LogP contribution in [0.3, 0.4) is 0 Å². The molecule has 6 heteroatoms. The summed E-state index contributed by atoms with van der Waals surface area (Å²) < 4.78 is 2.46. The molecule has 0 saturated carbocycles. The van der Waals surface area contributed by atoms with E-state index in [2.05, 4.69) is 37.9 Å². The Bertz CT molecular complexity index is 647. The summed E-state index contributed by atoms with van der Waals surface area (Å²) in [6.07, 6.45) is 9.30. The van der Waals surface area contributed by atoms with Crippen molar-refractivity contribution in [3.05, 3.63) is 27.7 Å². The summed E-state index contributed by atoms with van der Waals surface area (Å²) in [5.74, 6) is 0. The third kappa shape index (κ3) is 2.70. The molecule has 1 unspecified atom stereocenters. The number of hydrogen-bond donors (Lipinski definition) is 0. The van der Waals surface area contributed by atoms with E-state index in [-0.39, 0.29) is 0 Å². The highest BCUT2D eigenvalue weighted by Gasteiger charge is 2.27. The van der Waals surface area contributed by atoms with Gasteiger partial charge in [-0.15, -0.1) is 21.5 Å². The van der Waals surface area contributed by atoms with Gasteiger partial charge in [0.25, 0.3) is 0 Å². The van der Waals surface area contributed by atoms with Crippen molar-refractivity contribution in [2.75, 3.05) is 13.1 Å². The molecule has 0 radical (unpaired) electrons. The Kier molecular flexibility index (Phi) is 3.96. The van der Waals surface area contributed by atoms with Crippen molar-refractivity contribution in [2.45, 2.75) is 58.0 Å². The Morgan fingerprint density at radius 3 is 2.95 bits per heavy atom. The molecular weight excluding hydrogens is 294 g/mol. The molecule has 118 valence electrons.